The minimum absolute atomic E-state index is 0.672. The fourth-order valence-electron chi connectivity index (χ4n) is 1.68. The summed E-state index contributed by atoms with van der Waals surface area (Å²) in [7, 11) is 0. The summed E-state index contributed by atoms with van der Waals surface area (Å²) in [5.41, 5.74) is 1.20. The van der Waals surface area contributed by atoms with Gasteiger partial charge in [0.2, 0.25) is 0 Å². The largest absolute Gasteiger partial charge is 0.382 e. The van der Waals surface area contributed by atoms with E-state index in [4.69, 9.17) is 9.47 Å². The van der Waals surface area contributed by atoms with Crippen molar-refractivity contribution >= 4 is 15.9 Å². The van der Waals surface area contributed by atoms with E-state index in [-0.39, 0.29) is 0 Å². The van der Waals surface area contributed by atoms with Crippen molar-refractivity contribution in [1.29, 1.82) is 0 Å². The molecular formula is C15H24BrNO2. The van der Waals surface area contributed by atoms with Crippen LogP contribution in [-0.2, 0) is 16.1 Å². The van der Waals surface area contributed by atoms with Gasteiger partial charge in [0.1, 0.15) is 0 Å². The van der Waals surface area contributed by atoms with Crippen LogP contribution in [0.4, 0.5) is 0 Å². The summed E-state index contributed by atoms with van der Waals surface area (Å²) in [4.78, 5) is 0. The number of unbranched alkanes of at least 4 members (excludes halogenated alkanes) is 1. The van der Waals surface area contributed by atoms with E-state index in [9.17, 15) is 0 Å². The normalized spacial score (nSPS) is 10.8. The molecule has 0 aromatic heterocycles. The van der Waals surface area contributed by atoms with E-state index in [1.165, 1.54) is 5.56 Å². The van der Waals surface area contributed by atoms with Crippen molar-refractivity contribution in [3.8, 4) is 0 Å². The number of benzene rings is 1. The summed E-state index contributed by atoms with van der Waals surface area (Å²) < 4.78 is 12.0. The molecule has 19 heavy (non-hydrogen) atoms. The second-order valence-corrected chi connectivity index (χ2v) is 5.25. The van der Waals surface area contributed by atoms with Gasteiger partial charge in [-0.1, -0.05) is 28.1 Å². The third-order valence-corrected chi connectivity index (χ3v) is 3.17. The quantitative estimate of drug-likeness (QED) is 0.631. The first kappa shape index (κ1) is 16.6. The van der Waals surface area contributed by atoms with Gasteiger partial charge in [0.15, 0.2) is 0 Å². The SMILES string of the molecule is CCOCCCCNCCOCc1cccc(Br)c1. The Balaban J connectivity index is 1.89. The van der Waals surface area contributed by atoms with Crippen molar-refractivity contribution in [2.45, 2.75) is 26.4 Å². The van der Waals surface area contributed by atoms with Gasteiger partial charge >= 0.3 is 0 Å². The third-order valence-electron chi connectivity index (χ3n) is 2.68. The van der Waals surface area contributed by atoms with Gasteiger partial charge in [-0.25, -0.2) is 0 Å². The molecule has 0 heterocycles. The topological polar surface area (TPSA) is 30.5 Å². The Morgan fingerprint density at radius 3 is 2.79 bits per heavy atom. The van der Waals surface area contributed by atoms with Crippen LogP contribution in [-0.4, -0.2) is 32.9 Å². The highest BCUT2D eigenvalue weighted by atomic mass is 79.9. The summed E-state index contributed by atoms with van der Waals surface area (Å²) in [6.07, 6.45) is 2.28. The van der Waals surface area contributed by atoms with Gasteiger partial charge < -0.3 is 14.8 Å². The zero-order valence-corrected chi connectivity index (χ0v) is 13.2. The lowest BCUT2D eigenvalue weighted by atomic mass is 10.2. The molecule has 0 amide bonds. The Bertz CT molecular complexity index is 334. The van der Waals surface area contributed by atoms with Gasteiger partial charge in [-0.2, -0.15) is 0 Å². The molecule has 1 rings (SSSR count). The molecule has 0 aliphatic carbocycles. The maximum atomic E-state index is 5.61. The maximum Gasteiger partial charge on any atom is 0.0717 e. The molecule has 0 saturated heterocycles. The molecule has 0 fully saturated rings. The summed E-state index contributed by atoms with van der Waals surface area (Å²) >= 11 is 3.45. The van der Waals surface area contributed by atoms with Crippen molar-refractivity contribution in [3.05, 3.63) is 34.3 Å². The monoisotopic (exact) mass is 329 g/mol. The summed E-state index contributed by atoms with van der Waals surface area (Å²) in [6.45, 7) is 7.08. The molecule has 3 nitrogen and oxygen atoms in total. The van der Waals surface area contributed by atoms with Crippen LogP contribution in [0.1, 0.15) is 25.3 Å². The van der Waals surface area contributed by atoms with Gasteiger partial charge in [-0.05, 0) is 44.0 Å². The van der Waals surface area contributed by atoms with Crippen molar-refractivity contribution in [3.63, 3.8) is 0 Å². The predicted molar refractivity (Wildman–Crippen MR) is 82.4 cm³/mol. The lowest BCUT2D eigenvalue weighted by Gasteiger charge is -2.07. The molecule has 0 bridgehead atoms. The molecule has 108 valence electrons. The Kier molecular flexibility index (Phi) is 9.99. The molecule has 0 aliphatic heterocycles. The molecule has 0 atom stereocenters. The van der Waals surface area contributed by atoms with Gasteiger partial charge in [-0.3, -0.25) is 0 Å². The highest BCUT2D eigenvalue weighted by molar-refractivity contribution is 9.10. The Hall–Kier alpha value is -0.420. The van der Waals surface area contributed by atoms with Crippen molar-refractivity contribution in [2.75, 3.05) is 32.9 Å². The number of ether oxygens (including phenoxy) is 2. The van der Waals surface area contributed by atoms with Gasteiger partial charge in [0, 0.05) is 24.2 Å². The highest BCUT2D eigenvalue weighted by Gasteiger charge is 1.94. The first-order chi connectivity index (χ1) is 9.33. The van der Waals surface area contributed by atoms with Crippen LogP contribution < -0.4 is 5.32 Å². The van der Waals surface area contributed by atoms with Crippen molar-refractivity contribution in [1.82, 2.24) is 5.32 Å². The summed E-state index contributed by atoms with van der Waals surface area (Å²) in [5.74, 6) is 0. The van der Waals surface area contributed by atoms with Crippen LogP contribution >= 0.6 is 15.9 Å². The van der Waals surface area contributed by atoms with E-state index >= 15 is 0 Å². The molecule has 0 aliphatic rings. The Morgan fingerprint density at radius 1 is 1.11 bits per heavy atom. The maximum absolute atomic E-state index is 5.61. The van der Waals surface area contributed by atoms with E-state index in [1.807, 2.05) is 19.1 Å². The number of halogens is 1. The minimum atomic E-state index is 0.672. The smallest absolute Gasteiger partial charge is 0.0717 e. The van der Waals surface area contributed by atoms with Gasteiger partial charge in [0.25, 0.3) is 0 Å². The average molecular weight is 330 g/mol. The first-order valence-corrected chi connectivity index (χ1v) is 7.73. The second-order valence-electron chi connectivity index (χ2n) is 4.34. The molecule has 1 aromatic rings. The van der Waals surface area contributed by atoms with Crippen LogP contribution in [0.3, 0.4) is 0 Å². The fraction of sp³-hybridized carbons (Fsp3) is 0.600. The van der Waals surface area contributed by atoms with Gasteiger partial charge in [0.05, 0.1) is 13.2 Å². The number of nitrogens with one attached hydrogen (secondary N) is 1. The number of rotatable bonds is 11. The zero-order chi connectivity index (χ0) is 13.8. The Morgan fingerprint density at radius 2 is 2.00 bits per heavy atom. The fourth-order valence-corrected chi connectivity index (χ4v) is 2.13. The predicted octanol–water partition coefficient (Wildman–Crippen LogP) is 3.37. The lowest BCUT2D eigenvalue weighted by Crippen LogP contribution is -2.21. The Labute approximate surface area is 124 Å². The van der Waals surface area contributed by atoms with E-state index in [0.29, 0.717) is 6.61 Å². The van der Waals surface area contributed by atoms with E-state index in [1.54, 1.807) is 0 Å². The minimum Gasteiger partial charge on any atom is -0.382 e. The van der Waals surface area contributed by atoms with Crippen molar-refractivity contribution in [2.24, 2.45) is 0 Å². The number of hydrogen-bond donors (Lipinski definition) is 1. The van der Waals surface area contributed by atoms with E-state index in [2.05, 4.69) is 33.4 Å². The zero-order valence-electron chi connectivity index (χ0n) is 11.7. The van der Waals surface area contributed by atoms with Crippen LogP contribution in [0.5, 0.6) is 0 Å². The first-order valence-electron chi connectivity index (χ1n) is 6.93. The van der Waals surface area contributed by atoms with Crippen LogP contribution in [0.25, 0.3) is 0 Å². The van der Waals surface area contributed by atoms with Crippen molar-refractivity contribution < 1.29 is 9.47 Å². The molecule has 0 saturated carbocycles. The second kappa shape index (κ2) is 11.4. The lowest BCUT2D eigenvalue weighted by molar-refractivity contribution is 0.122. The summed E-state index contributed by atoms with van der Waals surface area (Å²) in [6, 6.07) is 8.21. The number of hydrogen-bond acceptors (Lipinski definition) is 3. The third kappa shape index (κ3) is 9.16. The molecule has 0 spiro atoms. The van der Waals surface area contributed by atoms with E-state index < -0.39 is 0 Å². The standard InChI is InChI=1S/C15H24BrNO2/c1-2-18-10-4-3-8-17-9-11-19-13-14-6-5-7-15(16)12-14/h5-7,12,17H,2-4,8-11,13H2,1H3. The van der Waals surface area contributed by atoms with Crippen LogP contribution in [0.2, 0.25) is 0 Å². The average Bonchev–Trinajstić information content (AvgIpc) is 2.41. The summed E-state index contributed by atoms with van der Waals surface area (Å²) in [5, 5.41) is 3.37. The van der Waals surface area contributed by atoms with Crippen LogP contribution in [0.15, 0.2) is 28.7 Å². The molecular weight excluding hydrogens is 306 g/mol. The van der Waals surface area contributed by atoms with Gasteiger partial charge in [-0.15, -0.1) is 0 Å². The van der Waals surface area contributed by atoms with E-state index in [0.717, 1.165) is 50.2 Å². The van der Waals surface area contributed by atoms with Crippen LogP contribution in [0, 0.1) is 0 Å². The molecule has 0 unspecified atom stereocenters. The molecule has 0 radical (unpaired) electrons. The molecule has 1 N–H and O–H groups in total. The molecule has 4 heteroatoms. The highest BCUT2D eigenvalue weighted by Crippen LogP contribution is 2.12. The molecule has 1 aromatic carbocycles.